The number of benzene rings is 1. The highest BCUT2D eigenvalue weighted by molar-refractivity contribution is 5.87. The van der Waals surface area contributed by atoms with Gasteiger partial charge in [0.2, 0.25) is 5.91 Å². The quantitative estimate of drug-likeness (QED) is 0.726. The van der Waals surface area contributed by atoms with Crippen molar-refractivity contribution < 1.29 is 19.4 Å². The average Bonchev–Trinajstić information content (AvgIpc) is 2.92. The number of nitrogens with one attached hydrogen (secondary N) is 2. The van der Waals surface area contributed by atoms with Crippen molar-refractivity contribution >= 4 is 22.8 Å². The maximum absolute atomic E-state index is 12.0. The maximum Gasteiger partial charge on any atom is 0.331 e. The van der Waals surface area contributed by atoms with Crippen molar-refractivity contribution in [2.24, 2.45) is 0 Å². The Morgan fingerprint density at radius 2 is 2.14 bits per heavy atom. The van der Waals surface area contributed by atoms with Gasteiger partial charge in [-0.3, -0.25) is 4.79 Å². The van der Waals surface area contributed by atoms with Crippen molar-refractivity contribution in [2.75, 3.05) is 13.7 Å². The number of aromatic nitrogens is 1. The molecule has 118 valence electrons. The first-order valence-corrected chi connectivity index (χ1v) is 7.04. The minimum absolute atomic E-state index is 0.0800. The molecule has 1 heterocycles. The van der Waals surface area contributed by atoms with Gasteiger partial charge >= 0.3 is 5.97 Å². The van der Waals surface area contributed by atoms with Crippen LogP contribution in [0, 0.1) is 0 Å². The van der Waals surface area contributed by atoms with Gasteiger partial charge in [-0.1, -0.05) is 6.07 Å². The van der Waals surface area contributed by atoms with Crippen LogP contribution < -0.4 is 5.32 Å². The van der Waals surface area contributed by atoms with E-state index in [4.69, 9.17) is 4.74 Å². The van der Waals surface area contributed by atoms with Gasteiger partial charge in [0.05, 0.1) is 6.61 Å². The second-order valence-corrected chi connectivity index (χ2v) is 5.52. The monoisotopic (exact) mass is 304 g/mol. The molecule has 0 aliphatic heterocycles. The average molecular weight is 304 g/mol. The van der Waals surface area contributed by atoms with Crippen LogP contribution in [-0.2, 0) is 20.7 Å². The predicted octanol–water partition coefficient (Wildman–Crippen LogP) is 1.71. The summed E-state index contributed by atoms with van der Waals surface area (Å²) in [5, 5.41) is 12.8. The van der Waals surface area contributed by atoms with Crippen molar-refractivity contribution in [1.29, 1.82) is 0 Å². The van der Waals surface area contributed by atoms with Crippen LogP contribution in [-0.4, -0.2) is 41.2 Å². The Balaban J connectivity index is 1.95. The van der Waals surface area contributed by atoms with Crippen LogP contribution >= 0.6 is 0 Å². The number of rotatable bonds is 7. The fraction of sp³-hybridized carbons (Fsp3) is 0.375. The molecule has 3 N–H and O–H groups in total. The zero-order valence-electron chi connectivity index (χ0n) is 12.7. The van der Waals surface area contributed by atoms with Gasteiger partial charge < -0.3 is 20.1 Å². The van der Waals surface area contributed by atoms with Crippen molar-refractivity contribution in [3.63, 3.8) is 0 Å². The van der Waals surface area contributed by atoms with E-state index >= 15 is 0 Å². The molecule has 2 rings (SSSR count). The Hall–Kier alpha value is -2.34. The van der Waals surface area contributed by atoms with E-state index in [1.807, 2.05) is 30.5 Å². The van der Waals surface area contributed by atoms with Crippen molar-refractivity contribution in [2.45, 2.75) is 25.3 Å². The summed E-state index contributed by atoms with van der Waals surface area (Å²) in [6.45, 7) is 1.35. The lowest BCUT2D eigenvalue weighted by molar-refractivity contribution is -0.149. The fourth-order valence-electron chi connectivity index (χ4n) is 2.33. The van der Waals surface area contributed by atoms with Gasteiger partial charge in [0.1, 0.15) is 0 Å². The molecular weight excluding hydrogens is 284 g/mol. The molecule has 1 amide bonds. The SMILES string of the molecule is COCC(C)(NC(=O)CCc1ccc2[nH]ccc2c1)C(=O)O. The summed E-state index contributed by atoms with van der Waals surface area (Å²) in [6, 6.07) is 7.91. The Morgan fingerprint density at radius 3 is 2.82 bits per heavy atom. The molecule has 0 spiro atoms. The summed E-state index contributed by atoms with van der Waals surface area (Å²) < 4.78 is 4.87. The highest BCUT2D eigenvalue weighted by atomic mass is 16.5. The summed E-state index contributed by atoms with van der Waals surface area (Å²) >= 11 is 0. The van der Waals surface area contributed by atoms with E-state index in [-0.39, 0.29) is 18.9 Å². The molecule has 0 saturated carbocycles. The van der Waals surface area contributed by atoms with Crippen LogP contribution in [0.15, 0.2) is 30.5 Å². The van der Waals surface area contributed by atoms with Crippen LogP contribution in [0.5, 0.6) is 0 Å². The van der Waals surface area contributed by atoms with Crippen molar-refractivity contribution in [3.05, 3.63) is 36.0 Å². The number of methoxy groups -OCH3 is 1. The third kappa shape index (κ3) is 3.65. The first-order valence-electron chi connectivity index (χ1n) is 7.04. The first-order chi connectivity index (χ1) is 10.4. The summed E-state index contributed by atoms with van der Waals surface area (Å²) in [5.74, 6) is -1.42. The van der Waals surface area contributed by atoms with Crippen LogP contribution in [0.1, 0.15) is 18.9 Å². The molecule has 6 nitrogen and oxygen atoms in total. The minimum Gasteiger partial charge on any atom is -0.479 e. The Bertz CT molecular complexity index is 680. The number of fused-ring (bicyclic) bond motifs is 1. The molecular formula is C16H20N2O4. The number of hydrogen-bond acceptors (Lipinski definition) is 3. The molecule has 6 heteroatoms. The predicted molar refractivity (Wildman–Crippen MR) is 82.7 cm³/mol. The lowest BCUT2D eigenvalue weighted by Gasteiger charge is -2.25. The number of hydrogen-bond donors (Lipinski definition) is 3. The molecule has 0 aliphatic carbocycles. The van der Waals surface area contributed by atoms with Crippen molar-refractivity contribution in [3.8, 4) is 0 Å². The molecule has 1 aromatic heterocycles. The molecule has 1 aromatic carbocycles. The Labute approximate surface area is 128 Å². The second-order valence-electron chi connectivity index (χ2n) is 5.52. The lowest BCUT2D eigenvalue weighted by atomic mass is 10.0. The van der Waals surface area contributed by atoms with Gasteiger partial charge in [0.15, 0.2) is 5.54 Å². The zero-order valence-corrected chi connectivity index (χ0v) is 12.7. The van der Waals surface area contributed by atoms with E-state index in [0.29, 0.717) is 6.42 Å². The maximum atomic E-state index is 12.0. The third-order valence-corrected chi connectivity index (χ3v) is 3.58. The molecule has 2 aromatic rings. The fourth-order valence-corrected chi connectivity index (χ4v) is 2.33. The van der Waals surface area contributed by atoms with Crippen LogP contribution in [0.2, 0.25) is 0 Å². The highest BCUT2D eigenvalue weighted by Gasteiger charge is 2.34. The molecule has 1 atom stereocenters. The van der Waals surface area contributed by atoms with E-state index in [9.17, 15) is 14.7 Å². The standard InChI is InChI=1S/C16H20N2O4/c1-16(10-22-2,15(20)21)18-14(19)6-4-11-3-5-13-12(9-11)7-8-17-13/h3,5,7-9,17H,4,6,10H2,1-2H3,(H,18,19)(H,20,21). The van der Waals surface area contributed by atoms with E-state index in [2.05, 4.69) is 10.3 Å². The van der Waals surface area contributed by atoms with Gasteiger partial charge in [-0.05, 0) is 42.5 Å². The number of amides is 1. The molecule has 0 fully saturated rings. The summed E-state index contributed by atoms with van der Waals surface area (Å²) in [4.78, 5) is 26.3. The number of H-pyrrole nitrogens is 1. The Morgan fingerprint density at radius 1 is 1.36 bits per heavy atom. The van der Waals surface area contributed by atoms with Gasteiger partial charge in [-0.15, -0.1) is 0 Å². The number of carbonyl (C=O) groups excluding carboxylic acids is 1. The molecule has 0 saturated heterocycles. The summed E-state index contributed by atoms with van der Waals surface area (Å²) in [5.41, 5.74) is 0.675. The van der Waals surface area contributed by atoms with Crippen LogP contribution in [0.25, 0.3) is 10.9 Å². The van der Waals surface area contributed by atoms with Gasteiger partial charge in [0, 0.05) is 25.2 Å². The zero-order chi connectivity index (χ0) is 16.2. The largest absolute Gasteiger partial charge is 0.479 e. The second kappa shape index (κ2) is 6.62. The Kier molecular flexibility index (Phi) is 4.82. The van der Waals surface area contributed by atoms with E-state index in [1.54, 1.807) is 0 Å². The third-order valence-electron chi connectivity index (χ3n) is 3.58. The number of carboxylic acids is 1. The number of aromatic amines is 1. The number of aliphatic carboxylic acids is 1. The van der Waals surface area contributed by atoms with Crippen LogP contribution in [0.4, 0.5) is 0 Å². The van der Waals surface area contributed by atoms with Gasteiger partial charge in [-0.2, -0.15) is 0 Å². The van der Waals surface area contributed by atoms with Crippen LogP contribution in [0.3, 0.4) is 0 Å². The van der Waals surface area contributed by atoms with Gasteiger partial charge in [-0.25, -0.2) is 4.79 Å². The normalized spacial score (nSPS) is 13.7. The number of carbonyl (C=O) groups is 2. The van der Waals surface area contributed by atoms with E-state index in [1.165, 1.54) is 14.0 Å². The minimum atomic E-state index is -1.41. The van der Waals surface area contributed by atoms with E-state index < -0.39 is 11.5 Å². The molecule has 22 heavy (non-hydrogen) atoms. The van der Waals surface area contributed by atoms with E-state index in [0.717, 1.165) is 16.5 Å². The summed E-state index contributed by atoms with van der Waals surface area (Å²) in [7, 11) is 1.40. The molecule has 0 aliphatic rings. The summed E-state index contributed by atoms with van der Waals surface area (Å²) in [6.07, 6.45) is 2.64. The number of aryl methyl sites for hydroxylation is 1. The van der Waals surface area contributed by atoms with Crippen molar-refractivity contribution in [1.82, 2.24) is 10.3 Å². The molecule has 1 unspecified atom stereocenters. The highest BCUT2D eigenvalue weighted by Crippen LogP contribution is 2.15. The molecule has 0 radical (unpaired) electrons. The smallest absolute Gasteiger partial charge is 0.331 e. The number of carboxylic acid groups (broad SMARTS) is 1. The van der Waals surface area contributed by atoms with Gasteiger partial charge in [0.25, 0.3) is 0 Å². The topological polar surface area (TPSA) is 91.4 Å². The molecule has 0 bridgehead atoms. The lowest BCUT2D eigenvalue weighted by Crippen LogP contribution is -2.55. The number of ether oxygens (including phenoxy) is 1. The first kappa shape index (κ1) is 16.0.